The highest BCUT2D eigenvalue weighted by Gasteiger charge is 1.93. The van der Waals surface area contributed by atoms with Gasteiger partial charge in [0.05, 0.1) is 0 Å². The maximum Gasteiger partial charge on any atom is 0.308 e. The number of hydrogen-bond acceptors (Lipinski definition) is 3. The second kappa shape index (κ2) is 5.36. The van der Waals surface area contributed by atoms with Crippen molar-refractivity contribution in [3.05, 3.63) is 35.9 Å². The average molecular weight is 193 g/mol. The van der Waals surface area contributed by atoms with Gasteiger partial charge in [0.1, 0.15) is 0 Å². The van der Waals surface area contributed by atoms with Crippen molar-refractivity contribution in [1.82, 2.24) is 0 Å². The van der Waals surface area contributed by atoms with Gasteiger partial charge in [0.2, 0.25) is 0 Å². The van der Waals surface area contributed by atoms with Gasteiger partial charge in [-0.1, -0.05) is 12.1 Å². The van der Waals surface area contributed by atoms with Crippen LogP contribution in [0.25, 0.3) is 0 Å². The molecular weight excluding hydrogens is 188 g/mol. The molecule has 0 bridgehead atoms. The molecule has 0 atom stereocenters. The Bertz CT molecular complexity index is 321. The summed E-state index contributed by atoms with van der Waals surface area (Å²) in [6.45, 7) is 0. The monoisotopic (exact) mass is 193 g/mol. The third kappa shape index (κ3) is 5.48. The molecule has 0 aliphatic heterocycles. The summed E-state index contributed by atoms with van der Waals surface area (Å²) < 4.78 is 46.7. The number of rotatable bonds is 0. The first-order valence-electron chi connectivity index (χ1n) is 2.74. The largest absolute Gasteiger partial charge is 0.308 e. The Balaban J connectivity index is 0.000000261. The van der Waals surface area contributed by atoms with Gasteiger partial charge in [0, 0.05) is 0 Å². The Hall–Kier alpha value is -1.30. The van der Waals surface area contributed by atoms with Crippen molar-refractivity contribution in [1.29, 1.82) is 4.78 Å². The zero-order valence-corrected chi connectivity index (χ0v) is 6.61. The lowest BCUT2D eigenvalue weighted by atomic mass is 10.3. The van der Waals surface area contributed by atoms with Gasteiger partial charge in [-0.3, -0.25) is 0 Å². The highest BCUT2D eigenvalue weighted by atomic mass is 32.2. The van der Waals surface area contributed by atoms with Gasteiger partial charge >= 0.3 is 10.5 Å². The molecule has 0 fully saturated rings. The molecule has 3 nitrogen and oxygen atoms in total. The topological polar surface area (TPSA) is 58.0 Å². The normalized spacial score (nSPS) is 8.17. The quantitative estimate of drug-likeness (QED) is 0.680. The second-order valence-corrected chi connectivity index (χ2v) is 2.12. The van der Waals surface area contributed by atoms with E-state index in [-0.39, 0.29) is 0 Å². The first-order chi connectivity index (χ1) is 5.54. The molecule has 0 radical (unpaired) electrons. The molecule has 6 heteroatoms. The van der Waals surface area contributed by atoms with E-state index in [0.29, 0.717) is 0 Å². The Morgan fingerprint density at radius 2 is 1.33 bits per heavy atom. The minimum absolute atomic E-state index is 0.799. The van der Waals surface area contributed by atoms with E-state index in [1.807, 2.05) is 0 Å². The first-order valence-corrected chi connectivity index (χ1v) is 3.82. The Morgan fingerprint density at radius 3 is 1.50 bits per heavy atom. The van der Waals surface area contributed by atoms with Crippen LogP contribution in [0.4, 0.5) is 8.78 Å². The van der Waals surface area contributed by atoms with Crippen LogP contribution in [0.2, 0.25) is 0 Å². The fourth-order valence-electron chi connectivity index (χ4n) is 0.439. The summed E-state index contributed by atoms with van der Waals surface area (Å²) in [7, 11) is -2.61. The molecule has 0 saturated carbocycles. The Morgan fingerprint density at radius 1 is 1.08 bits per heavy atom. The Kier molecular flexibility index (Phi) is 4.78. The lowest BCUT2D eigenvalue weighted by molar-refractivity contribution is 0.508. The van der Waals surface area contributed by atoms with Crippen LogP contribution < -0.4 is 0 Å². The van der Waals surface area contributed by atoms with Gasteiger partial charge in [0.15, 0.2) is 11.6 Å². The molecule has 0 amide bonds. The van der Waals surface area contributed by atoms with Gasteiger partial charge in [0.25, 0.3) is 0 Å². The summed E-state index contributed by atoms with van der Waals surface area (Å²) in [5.74, 6) is -1.60. The van der Waals surface area contributed by atoms with Crippen LogP contribution in [-0.2, 0) is 10.5 Å². The summed E-state index contributed by atoms with van der Waals surface area (Å²) >= 11 is 0. The number of halogens is 2. The van der Waals surface area contributed by atoms with Crippen molar-refractivity contribution in [3.63, 3.8) is 0 Å². The lowest BCUT2D eigenvalue weighted by Gasteiger charge is -1.85. The molecule has 1 N–H and O–H groups in total. The molecule has 0 unspecified atom stereocenters. The molecular formula is C6H5F2NO2S. The van der Waals surface area contributed by atoms with Crippen molar-refractivity contribution in [2.75, 3.05) is 0 Å². The van der Waals surface area contributed by atoms with Gasteiger partial charge in [-0.05, 0) is 12.1 Å². The predicted octanol–water partition coefficient (Wildman–Crippen LogP) is 1.59. The maximum atomic E-state index is 11.9. The van der Waals surface area contributed by atoms with Gasteiger partial charge in [-0.2, -0.15) is 13.2 Å². The van der Waals surface area contributed by atoms with Gasteiger partial charge in [-0.25, -0.2) is 8.78 Å². The molecule has 1 aromatic rings. The SMILES string of the molecule is Fc1ccccc1F.N=S(=O)=O. The van der Waals surface area contributed by atoms with E-state index >= 15 is 0 Å². The maximum absolute atomic E-state index is 11.9. The van der Waals surface area contributed by atoms with E-state index in [9.17, 15) is 8.78 Å². The predicted molar refractivity (Wildman–Crippen MR) is 38.0 cm³/mol. The van der Waals surface area contributed by atoms with Crippen LogP contribution in [-0.4, -0.2) is 8.42 Å². The average Bonchev–Trinajstić information content (AvgIpc) is 1.94. The van der Waals surface area contributed by atoms with E-state index < -0.39 is 22.1 Å². The summed E-state index contributed by atoms with van der Waals surface area (Å²) in [4.78, 5) is 0. The van der Waals surface area contributed by atoms with Gasteiger partial charge < -0.3 is 0 Å². The molecule has 0 spiro atoms. The van der Waals surface area contributed by atoms with Crippen LogP contribution in [0.5, 0.6) is 0 Å². The highest BCUT2D eigenvalue weighted by Crippen LogP contribution is 2.01. The molecule has 0 aromatic heterocycles. The van der Waals surface area contributed by atoms with E-state index in [2.05, 4.69) is 0 Å². The molecule has 1 rings (SSSR count). The Labute approximate surface area is 69.2 Å². The van der Waals surface area contributed by atoms with Crippen molar-refractivity contribution in [3.8, 4) is 0 Å². The van der Waals surface area contributed by atoms with Crippen molar-refractivity contribution >= 4 is 10.5 Å². The van der Waals surface area contributed by atoms with E-state index in [1.165, 1.54) is 12.1 Å². The third-order valence-electron chi connectivity index (χ3n) is 0.824. The summed E-state index contributed by atoms with van der Waals surface area (Å²) in [6.07, 6.45) is 0. The van der Waals surface area contributed by atoms with Crippen LogP contribution in [0, 0.1) is 16.4 Å². The molecule has 0 aliphatic rings. The molecule has 66 valence electrons. The summed E-state index contributed by atoms with van der Waals surface area (Å²) in [6, 6.07) is 5.04. The molecule has 0 aliphatic carbocycles. The van der Waals surface area contributed by atoms with Crippen LogP contribution in [0.1, 0.15) is 0 Å². The van der Waals surface area contributed by atoms with E-state index in [4.69, 9.17) is 13.2 Å². The smallest absolute Gasteiger partial charge is 0.204 e. The zero-order chi connectivity index (χ0) is 9.56. The van der Waals surface area contributed by atoms with E-state index in [0.717, 1.165) is 12.1 Å². The fraction of sp³-hybridized carbons (Fsp3) is 0. The fourth-order valence-corrected chi connectivity index (χ4v) is 0.439. The number of benzene rings is 1. The van der Waals surface area contributed by atoms with Crippen molar-refractivity contribution in [2.24, 2.45) is 0 Å². The third-order valence-corrected chi connectivity index (χ3v) is 0.824. The van der Waals surface area contributed by atoms with Gasteiger partial charge in [-0.15, -0.1) is 0 Å². The lowest BCUT2D eigenvalue weighted by Crippen LogP contribution is -1.77. The second-order valence-electron chi connectivity index (χ2n) is 1.65. The number of hydrogen-bond donors (Lipinski definition) is 1. The number of nitrogens with one attached hydrogen (secondary N) is 1. The standard InChI is InChI=1S/C6H4F2.HNO2S/c7-5-3-1-2-4-6(5)8;1-4(2)3/h1-4H;1H. The molecule has 12 heavy (non-hydrogen) atoms. The van der Waals surface area contributed by atoms with Crippen molar-refractivity contribution in [2.45, 2.75) is 0 Å². The van der Waals surface area contributed by atoms with Crippen LogP contribution >= 0.6 is 0 Å². The minimum Gasteiger partial charge on any atom is -0.204 e. The summed E-state index contributed by atoms with van der Waals surface area (Å²) in [5, 5.41) is 0. The summed E-state index contributed by atoms with van der Waals surface area (Å²) in [5.41, 5.74) is 0. The van der Waals surface area contributed by atoms with Crippen molar-refractivity contribution < 1.29 is 17.2 Å². The van der Waals surface area contributed by atoms with Crippen LogP contribution in [0.15, 0.2) is 24.3 Å². The zero-order valence-electron chi connectivity index (χ0n) is 5.79. The van der Waals surface area contributed by atoms with E-state index in [1.54, 1.807) is 0 Å². The first kappa shape index (κ1) is 10.7. The van der Waals surface area contributed by atoms with Crippen LogP contribution in [0.3, 0.4) is 0 Å². The minimum atomic E-state index is -2.61. The molecule has 0 saturated heterocycles. The molecule has 0 heterocycles. The highest BCUT2D eigenvalue weighted by molar-refractivity contribution is 7.60. The molecule has 1 aromatic carbocycles.